The minimum Gasteiger partial charge on any atom is -0.423 e. The Morgan fingerprint density at radius 2 is 0.855 bits per heavy atom. The quantitative estimate of drug-likeness (QED) is 0.161. The van der Waals surface area contributed by atoms with Crippen LogP contribution < -0.4 is 5.46 Å². The third-order valence-corrected chi connectivity index (χ3v) is 10.8. The van der Waals surface area contributed by atoms with Gasteiger partial charge in [-0.2, -0.15) is 0 Å². The van der Waals surface area contributed by atoms with Crippen molar-refractivity contribution >= 4 is 82.4 Å². The second-order valence-electron chi connectivity index (χ2n) is 13.5. The molecule has 0 aliphatic carbocycles. The van der Waals surface area contributed by atoms with Crippen LogP contribution in [-0.4, -0.2) is 46.2 Å². The Balaban J connectivity index is 0.000000170. The van der Waals surface area contributed by atoms with E-state index in [0.717, 1.165) is 80.8 Å². The van der Waals surface area contributed by atoms with Crippen LogP contribution in [0.15, 0.2) is 208 Å². The van der Waals surface area contributed by atoms with Gasteiger partial charge in [0.2, 0.25) is 0 Å². The van der Waals surface area contributed by atoms with Gasteiger partial charge in [-0.3, -0.25) is 19.1 Å². The monoisotopic (exact) mass is 1010 g/mol. The van der Waals surface area contributed by atoms with Gasteiger partial charge in [-0.15, -0.1) is 0 Å². The molecule has 6 aromatic carbocycles. The van der Waals surface area contributed by atoms with Gasteiger partial charge >= 0.3 is 7.12 Å². The summed E-state index contributed by atoms with van der Waals surface area (Å²) in [6.45, 7) is 0. The normalized spacial score (nSPS) is 10.4. The van der Waals surface area contributed by atoms with Crippen molar-refractivity contribution in [2.75, 3.05) is 0 Å². The van der Waals surface area contributed by atoms with Gasteiger partial charge in [0, 0.05) is 71.7 Å². The molecule has 4 aromatic heterocycles. The first-order chi connectivity index (χ1) is 29.3. The van der Waals surface area contributed by atoms with Gasteiger partial charge in [-0.05, 0) is 103 Å². The highest BCUT2D eigenvalue weighted by Crippen LogP contribution is 2.34. The lowest BCUT2D eigenvalue weighted by Gasteiger charge is -2.11. The molecule has 4 heterocycles. The molecule has 0 amide bonds. The maximum Gasteiger partial charge on any atom is 0.490 e. The highest BCUT2D eigenvalue weighted by Gasteiger charge is 2.17. The summed E-state index contributed by atoms with van der Waals surface area (Å²) < 4.78 is 7.46. The van der Waals surface area contributed by atoms with Crippen LogP contribution in [0, 0.1) is 0 Å². The standard InChI is InChI=1S/C24H16BrN3.C19H12Br2N2.C5H6BNO2.2CH4/c25-20-14-18(17-7-6-12-26-16-17)13-19(15-20)24-27-22-10-4-5-11-23(22)28(24)21-8-2-1-3-9-21;20-14-10-13(11-15(21)12-14)19-22-17-8-4-5-9-18(17)23(19)16-6-2-1-3-7-16;8-6(9)5-2-1-3-7-4-5;;/h1-16H;1-12H;1-4,8-9H;2*1H4. The number of benzene rings is 6. The SMILES string of the molecule is Brc1cc(-c2cccnc2)cc(-c2nc3ccccc3n2-c2ccccc2)c1.Brc1cc(Br)cc(-c2nc3ccccc3n2-c2ccccc2)c1.C.C.OB(O)c1cccnc1. The van der Waals surface area contributed by atoms with Gasteiger partial charge in [0.05, 0.1) is 22.1 Å². The highest BCUT2D eigenvalue weighted by molar-refractivity contribution is 9.11. The van der Waals surface area contributed by atoms with E-state index in [1.165, 1.54) is 6.20 Å². The van der Waals surface area contributed by atoms with Crippen LogP contribution in [0.5, 0.6) is 0 Å². The minimum absolute atomic E-state index is 0. The Bertz CT molecular complexity index is 2990. The van der Waals surface area contributed by atoms with Gasteiger partial charge in [-0.1, -0.05) is 135 Å². The highest BCUT2D eigenvalue weighted by atomic mass is 79.9. The molecule has 0 aliphatic rings. The summed E-state index contributed by atoms with van der Waals surface area (Å²) in [7, 11) is -1.40. The molecule has 0 saturated carbocycles. The number of imidazole rings is 2. The number of pyridine rings is 2. The molecule has 0 unspecified atom stereocenters. The maximum absolute atomic E-state index is 8.54. The van der Waals surface area contributed by atoms with Crippen molar-refractivity contribution in [2.45, 2.75) is 14.9 Å². The molecule has 0 fully saturated rings. The van der Waals surface area contributed by atoms with Gasteiger partial charge in [0.15, 0.2) is 0 Å². The molecule has 10 aromatic rings. The van der Waals surface area contributed by atoms with Crippen molar-refractivity contribution in [1.82, 2.24) is 29.1 Å². The summed E-state index contributed by atoms with van der Waals surface area (Å²) in [6.07, 6.45) is 6.65. The molecule has 62 heavy (non-hydrogen) atoms. The average Bonchev–Trinajstić information content (AvgIpc) is 3.87. The van der Waals surface area contributed by atoms with E-state index < -0.39 is 7.12 Å². The molecule has 2 N–H and O–H groups in total. The molecule has 0 spiro atoms. The zero-order chi connectivity index (χ0) is 41.4. The number of halogens is 3. The predicted molar refractivity (Wildman–Crippen MR) is 267 cm³/mol. The van der Waals surface area contributed by atoms with E-state index in [4.69, 9.17) is 20.0 Å². The summed E-state index contributed by atoms with van der Waals surface area (Å²) in [4.78, 5) is 17.8. The van der Waals surface area contributed by atoms with Crippen molar-refractivity contribution in [3.8, 4) is 45.3 Å². The van der Waals surface area contributed by atoms with Crippen molar-refractivity contribution in [1.29, 1.82) is 0 Å². The minimum atomic E-state index is -1.40. The maximum atomic E-state index is 8.54. The number of rotatable bonds is 6. The van der Waals surface area contributed by atoms with Crippen molar-refractivity contribution in [2.24, 2.45) is 0 Å². The van der Waals surface area contributed by atoms with Crippen LogP contribution in [0.25, 0.3) is 67.3 Å². The topological polar surface area (TPSA) is 102 Å². The Labute approximate surface area is 387 Å². The van der Waals surface area contributed by atoms with Gasteiger partial charge in [0.1, 0.15) is 11.6 Å². The average molecular weight is 1010 g/mol. The Hall–Kier alpha value is -6.02. The first kappa shape index (κ1) is 45.5. The second kappa shape index (κ2) is 21.2. The van der Waals surface area contributed by atoms with Crippen molar-refractivity contribution < 1.29 is 10.0 Å². The summed E-state index contributed by atoms with van der Waals surface area (Å²) in [6, 6.07) is 57.0. The zero-order valence-electron chi connectivity index (χ0n) is 31.8. The van der Waals surface area contributed by atoms with Crippen molar-refractivity contribution in [3.63, 3.8) is 0 Å². The lowest BCUT2D eigenvalue weighted by atomic mass is 9.82. The summed E-state index contributed by atoms with van der Waals surface area (Å²) in [5.74, 6) is 1.85. The smallest absolute Gasteiger partial charge is 0.423 e. The van der Waals surface area contributed by atoms with Crippen LogP contribution in [0.4, 0.5) is 0 Å². The van der Waals surface area contributed by atoms with Crippen LogP contribution in [0.1, 0.15) is 14.9 Å². The van der Waals surface area contributed by atoms with Crippen LogP contribution in [-0.2, 0) is 0 Å². The first-order valence-electron chi connectivity index (χ1n) is 18.8. The number of hydrogen-bond acceptors (Lipinski definition) is 6. The predicted octanol–water partition coefficient (Wildman–Crippen LogP) is 12.8. The molecule has 0 radical (unpaired) electrons. The van der Waals surface area contributed by atoms with Crippen molar-refractivity contribution in [3.05, 3.63) is 208 Å². The van der Waals surface area contributed by atoms with Gasteiger partial charge < -0.3 is 10.0 Å². The molecular formula is C50H42BBr3N6O2. The van der Waals surface area contributed by atoms with E-state index >= 15 is 0 Å². The fraction of sp³-hybridized carbons (Fsp3) is 0.0400. The van der Waals surface area contributed by atoms with E-state index in [1.54, 1.807) is 24.5 Å². The first-order valence-corrected chi connectivity index (χ1v) is 21.2. The molecule has 0 atom stereocenters. The number of hydrogen-bond donors (Lipinski definition) is 2. The summed E-state index contributed by atoms with van der Waals surface area (Å²) >= 11 is 10.8. The van der Waals surface area contributed by atoms with Crippen LogP contribution in [0.2, 0.25) is 0 Å². The third kappa shape index (κ3) is 10.5. The van der Waals surface area contributed by atoms with Gasteiger partial charge in [-0.25, -0.2) is 9.97 Å². The molecule has 0 aliphatic heterocycles. The Morgan fingerprint density at radius 1 is 0.419 bits per heavy atom. The van der Waals surface area contributed by atoms with E-state index in [0.29, 0.717) is 5.46 Å². The molecular weight excluding hydrogens is 967 g/mol. The Kier molecular flexibility index (Phi) is 15.5. The van der Waals surface area contributed by atoms with E-state index in [1.807, 2.05) is 66.9 Å². The molecule has 10 rings (SSSR count). The van der Waals surface area contributed by atoms with E-state index in [9.17, 15) is 0 Å². The summed E-state index contributed by atoms with van der Waals surface area (Å²) in [5.41, 5.74) is 11.1. The van der Waals surface area contributed by atoms with E-state index in [2.05, 4.69) is 164 Å². The number of para-hydroxylation sites is 6. The number of fused-ring (bicyclic) bond motifs is 2. The molecule has 8 nitrogen and oxygen atoms in total. The number of aromatic nitrogens is 6. The molecule has 308 valence electrons. The van der Waals surface area contributed by atoms with Crippen LogP contribution in [0.3, 0.4) is 0 Å². The fourth-order valence-electron chi connectivity index (χ4n) is 6.75. The van der Waals surface area contributed by atoms with Crippen LogP contribution >= 0.6 is 47.8 Å². The lowest BCUT2D eigenvalue weighted by Crippen LogP contribution is -2.29. The molecule has 0 bridgehead atoms. The zero-order valence-corrected chi connectivity index (χ0v) is 36.5. The lowest BCUT2D eigenvalue weighted by molar-refractivity contribution is 0.425. The molecule has 12 heteroatoms. The largest absolute Gasteiger partial charge is 0.490 e. The second-order valence-corrected chi connectivity index (χ2v) is 16.2. The van der Waals surface area contributed by atoms with Gasteiger partial charge in [0.25, 0.3) is 0 Å². The Morgan fingerprint density at radius 3 is 1.31 bits per heavy atom. The third-order valence-electron chi connectivity index (χ3n) is 9.40. The molecule has 0 saturated heterocycles. The summed E-state index contributed by atoms with van der Waals surface area (Å²) in [5, 5.41) is 17.1. The number of nitrogens with zero attached hydrogens (tertiary/aromatic N) is 6. The fourth-order valence-corrected chi connectivity index (χ4v) is 8.53. The van der Waals surface area contributed by atoms with E-state index in [-0.39, 0.29) is 14.9 Å².